The molecule has 0 aliphatic rings. The zero-order valence-electron chi connectivity index (χ0n) is 10.7. The highest BCUT2D eigenvalue weighted by Crippen LogP contribution is 2.27. The summed E-state index contributed by atoms with van der Waals surface area (Å²) < 4.78 is 15.4. The van der Waals surface area contributed by atoms with E-state index in [0.29, 0.717) is 11.3 Å². The van der Waals surface area contributed by atoms with Gasteiger partial charge in [0.1, 0.15) is 11.6 Å². The summed E-state index contributed by atoms with van der Waals surface area (Å²) in [5.74, 6) is 0.421. The van der Waals surface area contributed by atoms with Gasteiger partial charge in [0, 0.05) is 11.8 Å². The molecule has 1 heterocycles. The summed E-state index contributed by atoms with van der Waals surface area (Å²) in [5, 5.41) is 0.0763. The molecule has 0 bridgehead atoms. The third-order valence-corrected chi connectivity index (χ3v) is 3.67. The van der Waals surface area contributed by atoms with Crippen LogP contribution in [-0.2, 0) is 5.88 Å². The number of hydrogen-bond donors (Lipinski definition) is 0. The van der Waals surface area contributed by atoms with Gasteiger partial charge in [-0.2, -0.15) is 0 Å². The number of alkyl halides is 1. The second kappa shape index (κ2) is 5.08. The molecule has 0 aliphatic heterocycles. The van der Waals surface area contributed by atoms with Gasteiger partial charge in [-0.1, -0.05) is 23.7 Å². The molecule has 0 N–H and O–H groups in total. The Bertz CT molecular complexity index is 796. The first-order valence-electron chi connectivity index (χ1n) is 6.09. The summed E-state index contributed by atoms with van der Waals surface area (Å²) in [5.41, 5.74) is 3.35. The largest absolute Gasteiger partial charge is 0.295 e. The predicted molar refractivity (Wildman–Crippen MR) is 80.3 cm³/mol. The van der Waals surface area contributed by atoms with Gasteiger partial charge in [-0.3, -0.25) is 4.57 Å². The van der Waals surface area contributed by atoms with Crippen LogP contribution in [0.15, 0.2) is 36.4 Å². The third kappa shape index (κ3) is 2.17. The van der Waals surface area contributed by atoms with E-state index in [1.165, 1.54) is 6.07 Å². The molecule has 20 heavy (non-hydrogen) atoms. The maximum absolute atomic E-state index is 13.5. The van der Waals surface area contributed by atoms with Gasteiger partial charge in [-0.15, -0.1) is 11.6 Å². The van der Waals surface area contributed by atoms with Crippen LogP contribution >= 0.6 is 23.2 Å². The summed E-state index contributed by atoms with van der Waals surface area (Å²) in [4.78, 5) is 4.37. The number of hydrogen-bond acceptors (Lipinski definition) is 1. The summed E-state index contributed by atoms with van der Waals surface area (Å²) >= 11 is 11.8. The lowest BCUT2D eigenvalue weighted by molar-refractivity contribution is 0.630. The highest BCUT2D eigenvalue weighted by Gasteiger charge is 2.14. The highest BCUT2D eigenvalue weighted by atomic mass is 35.5. The molecule has 2 nitrogen and oxygen atoms in total. The second-order valence-corrected chi connectivity index (χ2v) is 5.27. The van der Waals surface area contributed by atoms with Crippen LogP contribution in [0.25, 0.3) is 16.7 Å². The molecule has 102 valence electrons. The van der Waals surface area contributed by atoms with Crippen LogP contribution in [0.1, 0.15) is 11.4 Å². The first-order valence-corrected chi connectivity index (χ1v) is 7.01. The minimum absolute atomic E-state index is 0.0763. The van der Waals surface area contributed by atoms with Gasteiger partial charge in [-0.05, 0) is 30.7 Å². The van der Waals surface area contributed by atoms with Gasteiger partial charge < -0.3 is 0 Å². The molecule has 0 aliphatic carbocycles. The minimum Gasteiger partial charge on any atom is -0.295 e. The van der Waals surface area contributed by atoms with Crippen LogP contribution in [0.3, 0.4) is 0 Å². The van der Waals surface area contributed by atoms with E-state index in [2.05, 4.69) is 4.98 Å². The molecule has 0 saturated heterocycles. The normalized spacial score (nSPS) is 11.2. The number of halogens is 3. The van der Waals surface area contributed by atoms with Crippen LogP contribution in [0.5, 0.6) is 0 Å². The van der Waals surface area contributed by atoms with Crippen LogP contribution in [0, 0.1) is 12.7 Å². The fourth-order valence-corrected chi connectivity index (χ4v) is 2.60. The number of imidazole rings is 1. The summed E-state index contributed by atoms with van der Waals surface area (Å²) in [7, 11) is 0. The molecule has 0 unspecified atom stereocenters. The van der Waals surface area contributed by atoms with Gasteiger partial charge in [0.05, 0.1) is 21.9 Å². The molecule has 0 saturated carbocycles. The third-order valence-electron chi connectivity index (χ3n) is 3.15. The molecule has 0 atom stereocenters. The predicted octanol–water partition coefficient (Wildman–Crippen LogP) is 4.87. The van der Waals surface area contributed by atoms with E-state index in [4.69, 9.17) is 23.2 Å². The van der Waals surface area contributed by atoms with Crippen molar-refractivity contribution in [1.82, 2.24) is 9.55 Å². The first-order chi connectivity index (χ1) is 9.60. The quantitative estimate of drug-likeness (QED) is 0.618. The first kappa shape index (κ1) is 13.4. The molecule has 1 aromatic heterocycles. The summed E-state index contributed by atoms with van der Waals surface area (Å²) in [6.45, 7) is 2.01. The van der Waals surface area contributed by atoms with Crippen molar-refractivity contribution in [2.24, 2.45) is 0 Å². The van der Waals surface area contributed by atoms with Crippen LogP contribution in [0.4, 0.5) is 4.39 Å². The SMILES string of the molecule is Cc1cccc(-n2c(CCl)nc3cc(F)c(Cl)cc32)c1. The standard InChI is InChI=1S/C15H11Cl2FN2/c1-9-3-2-4-10(5-9)20-14-6-11(17)12(18)7-13(14)19-15(20)8-16/h2-7H,8H2,1H3. The van der Waals surface area contributed by atoms with Crippen molar-refractivity contribution in [2.75, 3.05) is 0 Å². The van der Waals surface area contributed by atoms with Crippen LogP contribution < -0.4 is 0 Å². The molecule has 0 amide bonds. The van der Waals surface area contributed by atoms with E-state index in [1.807, 2.05) is 35.8 Å². The lowest BCUT2D eigenvalue weighted by Crippen LogP contribution is -1.99. The van der Waals surface area contributed by atoms with E-state index in [0.717, 1.165) is 16.8 Å². The lowest BCUT2D eigenvalue weighted by atomic mass is 10.2. The Hall–Kier alpha value is -1.58. The van der Waals surface area contributed by atoms with Crippen LogP contribution in [0.2, 0.25) is 5.02 Å². The summed E-state index contributed by atoms with van der Waals surface area (Å²) in [6.07, 6.45) is 0. The molecule has 0 spiro atoms. The monoisotopic (exact) mass is 308 g/mol. The van der Waals surface area contributed by atoms with Crippen molar-refractivity contribution in [3.8, 4) is 5.69 Å². The zero-order valence-corrected chi connectivity index (χ0v) is 12.2. The second-order valence-electron chi connectivity index (χ2n) is 4.59. The smallest absolute Gasteiger partial charge is 0.144 e. The van der Waals surface area contributed by atoms with E-state index in [9.17, 15) is 4.39 Å². The van der Waals surface area contributed by atoms with Gasteiger partial charge in [0.15, 0.2) is 0 Å². The maximum atomic E-state index is 13.5. The Balaban J connectivity index is 2.35. The molecule has 5 heteroatoms. The lowest BCUT2D eigenvalue weighted by Gasteiger charge is -2.08. The van der Waals surface area contributed by atoms with Crippen molar-refractivity contribution in [3.05, 3.63) is 58.6 Å². The van der Waals surface area contributed by atoms with Crippen molar-refractivity contribution < 1.29 is 4.39 Å². The van der Waals surface area contributed by atoms with E-state index < -0.39 is 5.82 Å². The van der Waals surface area contributed by atoms with Gasteiger partial charge in [0.25, 0.3) is 0 Å². The average molecular weight is 309 g/mol. The Morgan fingerprint density at radius 3 is 2.75 bits per heavy atom. The molecular formula is C15H11Cl2FN2. The molecule has 3 aromatic rings. The van der Waals surface area contributed by atoms with Gasteiger partial charge in [-0.25, -0.2) is 9.37 Å². The number of rotatable bonds is 2. The van der Waals surface area contributed by atoms with E-state index >= 15 is 0 Å². The topological polar surface area (TPSA) is 17.8 Å². The molecule has 0 fully saturated rings. The van der Waals surface area contributed by atoms with Gasteiger partial charge in [0.2, 0.25) is 0 Å². The Morgan fingerprint density at radius 2 is 2.05 bits per heavy atom. The Morgan fingerprint density at radius 1 is 1.25 bits per heavy atom. The zero-order chi connectivity index (χ0) is 14.3. The molecule has 0 radical (unpaired) electrons. The molecule has 3 rings (SSSR count). The van der Waals surface area contributed by atoms with Crippen molar-refractivity contribution >= 4 is 34.2 Å². The number of aromatic nitrogens is 2. The minimum atomic E-state index is -0.478. The van der Waals surface area contributed by atoms with Crippen molar-refractivity contribution in [2.45, 2.75) is 12.8 Å². The Kier molecular flexibility index (Phi) is 3.40. The summed E-state index contributed by atoms with van der Waals surface area (Å²) in [6, 6.07) is 10.9. The Labute approximate surface area is 125 Å². The number of nitrogens with zero attached hydrogens (tertiary/aromatic N) is 2. The molecular weight excluding hydrogens is 298 g/mol. The molecule has 2 aromatic carbocycles. The fraction of sp³-hybridized carbons (Fsp3) is 0.133. The highest BCUT2D eigenvalue weighted by molar-refractivity contribution is 6.31. The van der Waals surface area contributed by atoms with E-state index in [1.54, 1.807) is 6.07 Å². The van der Waals surface area contributed by atoms with Crippen LogP contribution in [-0.4, -0.2) is 9.55 Å². The average Bonchev–Trinajstić information content (AvgIpc) is 2.77. The number of benzene rings is 2. The van der Waals surface area contributed by atoms with Crippen molar-refractivity contribution in [3.63, 3.8) is 0 Å². The fourth-order valence-electron chi connectivity index (χ4n) is 2.27. The number of fused-ring (bicyclic) bond motifs is 1. The van der Waals surface area contributed by atoms with Crippen molar-refractivity contribution in [1.29, 1.82) is 0 Å². The number of aryl methyl sites for hydroxylation is 1. The van der Waals surface area contributed by atoms with Gasteiger partial charge >= 0.3 is 0 Å². The van der Waals surface area contributed by atoms with E-state index in [-0.39, 0.29) is 10.9 Å². The maximum Gasteiger partial charge on any atom is 0.144 e.